The average molecular weight is 528 g/mol. The van der Waals surface area contributed by atoms with Gasteiger partial charge in [-0.1, -0.05) is 19.4 Å². The molecule has 1 aromatic rings. The Morgan fingerprint density at radius 3 is 1.95 bits per heavy atom. The number of unbranched alkanes of at least 4 members (excludes halogenated alkanes) is 1. The number of carboxylic acid groups (broad SMARTS) is 1. The van der Waals surface area contributed by atoms with E-state index in [0.717, 1.165) is 6.42 Å². The predicted octanol–water partition coefficient (Wildman–Crippen LogP) is 4.76. The first kappa shape index (κ1) is 31.5. The van der Waals surface area contributed by atoms with Crippen molar-refractivity contribution in [3.63, 3.8) is 0 Å². The van der Waals surface area contributed by atoms with Crippen molar-refractivity contribution < 1.29 is 52.7 Å². The molecule has 1 rings (SSSR count). The molecule has 0 saturated carbocycles. The fraction of sp³-hybridized carbons (Fsp3) is 0.600. The van der Waals surface area contributed by atoms with E-state index in [1.165, 1.54) is 18.2 Å². The SMILES string of the molecule is CCCCOC(=O)OC(C)CC(c1ccc(OC(=O)OC(C)C)c(OC(=O)OC(C)C)c1)[C@H](N)C(=O)O. The Morgan fingerprint density at radius 1 is 0.865 bits per heavy atom. The topological polar surface area (TPSA) is 170 Å². The van der Waals surface area contributed by atoms with Crippen LogP contribution in [0.2, 0.25) is 0 Å². The summed E-state index contributed by atoms with van der Waals surface area (Å²) in [5.41, 5.74) is 6.27. The third kappa shape index (κ3) is 11.8. The maximum atomic E-state index is 12.2. The Balaban J connectivity index is 3.26. The minimum absolute atomic E-state index is 0.00181. The summed E-state index contributed by atoms with van der Waals surface area (Å²) in [6.07, 6.45) is -3.19. The van der Waals surface area contributed by atoms with Crippen molar-refractivity contribution in [2.45, 2.75) is 91.1 Å². The number of ether oxygens (including phenoxy) is 6. The molecule has 0 amide bonds. The normalized spacial score (nSPS) is 13.3. The molecular weight excluding hydrogens is 490 g/mol. The van der Waals surface area contributed by atoms with Crippen LogP contribution in [0.4, 0.5) is 14.4 Å². The molecule has 208 valence electrons. The molecule has 0 radical (unpaired) electrons. The van der Waals surface area contributed by atoms with Gasteiger partial charge in [0.15, 0.2) is 11.5 Å². The number of benzene rings is 1. The molecule has 0 spiro atoms. The fourth-order valence-electron chi connectivity index (χ4n) is 3.10. The number of rotatable bonds is 13. The van der Waals surface area contributed by atoms with E-state index >= 15 is 0 Å². The highest BCUT2D eigenvalue weighted by atomic mass is 16.8. The first-order valence-electron chi connectivity index (χ1n) is 12.1. The zero-order valence-electron chi connectivity index (χ0n) is 22.1. The van der Waals surface area contributed by atoms with Gasteiger partial charge in [-0.15, -0.1) is 0 Å². The standard InChI is InChI=1S/C25H37NO11/c1-7-8-11-32-23(29)35-16(6)12-18(21(26)22(27)28)17-9-10-19(36-24(30)33-14(2)3)20(13-17)37-25(31)34-15(4)5/h9-10,13-16,18,21H,7-8,11-12,26H2,1-6H3,(H,27,28)/t16?,18?,21-/m0/s1. The van der Waals surface area contributed by atoms with E-state index in [4.69, 9.17) is 34.2 Å². The molecule has 0 fully saturated rings. The maximum absolute atomic E-state index is 12.2. The molecule has 0 aromatic heterocycles. The fourth-order valence-corrected chi connectivity index (χ4v) is 3.10. The lowest BCUT2D eigenvalue weighted by Crippen LogP contribution is -2.38. The summed E-state index contributed by atoms with van der Waals surface area (Å²) >= 11 is 0. The van der Waals surface area contributed by atoms with Gasteiger partial charge < -0.3 is 39.3 Å². The van der Waals surface area contributed by atoms with Crippen molar-refractivity contribution in [3.8, 4) is 11.5 Å². The summed E-state index contributed by atoms with van der Waals surface area (Å²) in [5, 5.41) is 9.57. The molecular formula is C25H37NO11. The van der Waals surface area contributed by atoms with Gasteiger partial charge in [-0.05, 0) is 65.2 Å². The Bertz CT molecular complexity index is 916. The molecule has 0 aliphatic heterocycles. The minimum atomic E-state index is -1.41. The molecule has 2 unspecified atom stereocenters. The van der Waals surface area contributed by atoms with Crippen molar-refractivity contribution in [2.75, 3.05) is 6.61 Å². The van der Waals surface area contributed by atoms with Gasteiger partial charge in [0.25, 0.3) is 0 Å². The third-order valence-corrected chi connectivity index (χ3v) is 4.77. The van der Waals surface area contributed by atoms with Gasteiger partial charge in [0.05, 0.1) is 18.8 Å². The summed E-state index contributed by atoms with van der Waals surface area (Å²) in [6, 6.07) is 2.66. The largest absolute Gasteiger partial charge is 0.514 e. The number of nitrogens with two attached hydrogens (primary N) is 1. The summed E-state index contributed by atoms with van der Waals surface area (Å²) in [4.78, 5) is 47.8. The molecule has 3 N–H and O–H groups in total. The number of hydrogen-bond acceptors (Lipinski definition) is 11. The number of carbonyl (C=O) groups excluding carboxylic acids is 3. The van der Waals surface area contributed by atoms with E-state index in [1.807, 2.05) is 6.92 Å². The summed E-state index contributed by atoms with van der Waals surface area (Å²) < 4.78 is 30.6. The molecule has 3 atom stereocenters. The van der Waals surface area contributed by atoms with E-state index in [0.29, 0.717) is 12.0 Å². The molecule has 0 saturated heterocycles. The molecule has 1 aromatic carbocycles. The number of aliphatic carboxylic acids is 1. The van der Waals surface area contributed by atoms with E-state index in [2.05, 4.69) is 0 Å². The van der Waals surface area contributed by atoms with Gasteiger partial charge in [-0.25, -0.2) is 14.4 Å². The van der Waals surface area contributed by atoms with Crippen LogP contribution in [0.3, 0.4) is 0 Å². The zero-order valence-corrected chi connectivity index (χ0v) is 22.1. The van der Waals surface area contributed by atoms with E-state index < -0.39 is 54.7 Å². The van der Waals surface area contributed by atoms with Crippen LogP contribution in [0.25, 0.3) is 0 Å². The van der Waals surface area contributed by atoms with Crippen LogP contribution in [0, 0.1) is 0 Å². The van der Waals surface area contributed by atoms with Gasteiger partial charge in [0.2, 0.25) is 0 Å². The smallest absolute Gasteiger partial charge is 0.480 e. The van der Waals surface area contributed by atoms with E-state index in [9.17, 15) is 24.3 Å². The van der Waals surface area contributed by atoms with Gasteiger partial charge in [-0.2, -0.15) is 0 Å². The van der Waals surface area contributed by atoms with Crippen molar-refractivity contribution in [2.24, 2.45) is 5.73 Å². The van der Waals surface area contributed by atoms with Gasteiger partial charge in [0, 0.05) is 5.92 Å². The van der Waals surface area contributed by atoms with Crippen LogP contribution in [0.5, 0.6) is 11.5 Å². The van der Waals surface area contributed by atoms with Crippen molar-refractivity contribution >= 4 is 24.4 Å². The Labute approximate surface area is 216 Å². The lowest BCUT2D eigenvalue weighted by molar-refractivity contribution is -0.139. The number of carbonyl (C=O) groups is 4. The third-order valence-electron chi connectivity index (χ3n) is 4.77. The first-order chi connectivity index (χ1) is 17.3. The van der Waals surface area contributed by atoms with Gasteiger partial charge in [-0.3, -0.25) is 4.79 Å². The molecule has 0 heterocycles. The van der Waals surface area contributed by atoms with E-state index in [1.54, 1.807) is 34.6 Å². The quantitative estimate of drug-likeness (QED) is 0.156. The highest BCUT2D eigenvalue weighted by molar-refractivity contribution is 5.75. The highest BCUT2D eigenvalue weighted by Crippen LogP contribution is 2.35. The predicted molar refractivity (Wildman–Crippen MR) is 131 cm³/mol. The number of carboxylic acids is 1. The Hall–Kier alpha value is -3.54. The van der Waals surface area contributed by atoms with Crippen LogP contribution in [-0.4, -0.2) is 60.5 Å². The molecule has 0 aliphatic carbocycles. The van der Waals surface area contributed by atoms with E-state index in [-0.39, 0.29) is 24.5 Å². The maximum Gasteiger partial charge on any atom is 0.514 e. The highest BCUT2D eigenvalue weighted by Gasteiger charge is 2.30. The van der Waals surface area contributed by atoms with Crippen LogP contribution in [0.15, 0.2) is 18.2 Å². The summed E-state index contributed by atoms with van der Waals surface area (Å²) in [7, 11) is 0. The molecule has 12 heteroatoms. The Morgan fingerprint density at radius 2 is 1.43 bits per heavy atom. The van der Waals surface area contributed by atoms with Crippen LogP contribution < -0.4 is 15.2 Å². The first-order valence-corrected chi connectivity index (χ1v) is 12.1. The second-order valence-corrected chi connectivity index (χ2v) is 8.83. The van der Waals surface area contributed by atoms with Gasteiger partial charge in [0.1, 0.15) is 12.1 Å². The van der Waals surface area contributed by atoms with Crippen LogP contribution in [-0.2, 0) is 23.7 Å². The summed E-state index contributed by atoms with van der Waals surface area (Å²) in [5.74, 6) is -2.58. The number of hydrogen-bond donors (Lipinski definition) is 2. The summed E-state index contributed by atoms with van der Waals surface area (Å²) in [6.45, 7) is 10.2. The molecule has 12 nitrogen and oxygen atoms in total. The lowest BCUT2D eigenvalue weighted by atomic mass is 9.87. The molecule has 0 aliphatic rings. The zero-order chi connectivity index (χ0) is 28.1. The second kappa shape index (κ2) is 15.5. The lowest BCUT2D eigenvalue weighted by Gasteiger charge is -2.25. The average Bonchev–Trinajstić information content (AvgIpc) is 2.77. The van der Waals surface area contributed by atoms with Crippen molar-refractivity contribution in [1.82, 2.24) is 0 Å². The van der Waals surface area contributed by atoms with Crippen LogP contribution >= 0.6 is 0 Å². The second-order valence-electron chi connectivity index (χ2n) is 8.83. The molecule has 0 bridgehead atoms. The van der Waals surface area contributed by atoms with Crippen LogP contribution in [0.1, 0.15) is 72.3 Å². The monoisotopic (exact) mass is 527 g/mol. The van der Waals surface area contributed by atoms with Gasteiger partial charge >= 0.3 is 24.4 Å². The Kier molecular flexibility index (Phi) is 13.2. The minimum Gasteiger partial charge on any atom is -0.480 e. The molecule has 37 heavy (non-hydrogen) atoms. The van der Waals surface area contributed by atoms with Crippen molar-refractivity contribution in [3.05, 3.63) is 23.8 Å². The van der Waals surface area contributed by atoms with Crippen molar-refractivity contribution in [1.29, 1.82) is 0 Å².